The first-order valence-electron chi connectivity index (χ1n) is 8.36. The maximum absolute atomic E-state index is 12.3. The second-order valence-electron chi connectivity index (χ2n) is 8.10. The lowest BCUT2D eigenvalue weighted by Crippen LogP contribution is -2.66. The predicted molar refractivity (Wildman–Crippen MR) is 83.0 cm³/mol. The molecule has 3 aliphatic rings. The van der Waals surface area contributed by atoms with Crippen LogP contribution < -0.4 is 0 Å². The van der Waals surface area contributed by atoms with Crippen LogP contribution in [0.3, 0.4) is 0 Å². The van der Waals surface area contributed by atoms with Crippen LogP contribution >= 0.6 is 0 Å². The second kappa shape index (κ2) is 4.79. The first-order chi connectivity index (χ1) is 10.4. The van der Waals surface area contributed by atoms with Crippen LogP contribution in [0.15, 0.2) is 24.4 Å². The number of rotatable bonds is 3. The van der Waals surface area contributed by atoms with E-state index in [2.05, 4.69) is 11.1 Å². The number of carbonyl (C=O) groups excluding carboxylic acids is 1. The zero-order chi connectivity index (χ0) is 15.4. The van der Waals surface area contributed by atoms with Crippen LogP contribution in [0.2, 0.25) is 0 Å². The average Bonchev–Trinajstić information content (AvgIpc) is 2.37. The minimum Gasteiger partial charge on any atom is -0.390 e. The van der Waals surface area contributed by atoms with E-state index in [1.807, 2.05) is 30.2 Å². The van der Waals surface area contributed by atoms with Crippen molar-refractivity contribution in [3.63, 3.8) is 0 Å². The molecule has 4 rings (SSSR count). The van der Waals surface area contributed by atoms with E-state index in [0.29, 0.717) is 18.3 Å². The van der Waals surface area contributed by atoms with Gasteiger partial charge in [-0.15, -0.1) is 0 Å². The Hall–Kier alpha value is -1.42. The summed E-state index contributed by atoms with van der Waals surface area (Å²) in [6.45, 7) is 3.69. The number of pyridine rings is 1. The molecule has 3 fully saturated rings. The first-order valence-corrected chi connectivity index (χ1v) is 8.36. The van der Waals surface area contributed by atoms with E-state index in [9.17, 15) is 9.90 Å². The summed E-state index contributed by atoms with van der Waals surface area (Å²) in [6.07, 6.45) is 6.67. The van der Waals surface area contributed by atoms with Gasteiger partial charge in [-0.05, 0) is 57.1 Å². The lowest BCUT2D eigenvalue weighted by Gasteiger charge is -2.60. The van der Waals surface area contributed by atoms with Crippen molar-refractivity contribution < 1.29 is 9.90 Å². The Bertz CT molecular complexity index is 562. The zero-order valence-corrected chi connectivity index (χ0v) is 13.2. The van der Waals surface area contributed by atoms with Gasteiger partial charge in [0.15, 0.2) is 0 Å². The molecule has 1 aliphatic heterocycles. The normalized spacial score (nSPS) is 33.0. The van der Waals surface area contributed by atoms with Gasteiger partial charge in [-0.3, -0.25) is 9.78 Å². The fraction of sp³-hybridized carbons (Fsp3) is 0.667. The molecule has 1 saturated heterocycles. The fourth-order valence-electron chi connectivity index (χ4n) is 4.74. The third kappa shape index (κ3) is 2.43. The van der Waals surface area contributed by atoms with Crippen molar-refractivity contribution >= 4 is 5.91 Å². The van der Waals surface area contributed by atoms with Crippen LogP contribution in [0.4, 0.5) is 0 Å². The Balaban J connectivity index is 1.23. The van der Waals surface area contributed by atoms with Crippen LogP contribution in [0, 0.1) is 17.3 Å². The summed E-state index contributed by atoms with van der Waals surface area (Å²) >= 11 is 0. The highest BCUT2D eigenvalue weighted by molar-refractivity contribution is 5.81. The average molecular weight is 300 g/mol. The smallest absolute Gasteiger partial charge is 0.225 e. The largest absolute Gasteiger partial charge is 0.390 e. The van der Waals surface area contributed by atoms with Crippen molar-refractivity contribution in [2.75, 3.05) is 13.1 Å². The van der Waals surface area contributed by atoms with Gasteiger partial charge in [-0.2, -0.15) is 0 Å². The number of aromatic nitrogens is 1. The number of nitrogens with zero attached hydrogens (tertiary/aromatic N) is 2. The van der Waals surface area contributed by atoms with Crippen LogP contribution in [0.5, 0.6) is 0 Å². The highest BCUT2D eigenvalue weighted by Crippen LogP contribution is 2.53. The lowest BCUT2D eigenvalue weighted by molar-refractivity contribution is -0.171. The Morgan fingerprint density at radius 2 is 2.05 bits per heavy atom. The van der Waals surface area contributed by atoms with Crippen molar-refractivity contribution in [2.24, 2.45) is 17.3 Å². The van der Waals surface area contributed by atoms with Gasteiger partial charge in [0, 0.05) is 36.3 Å². The quantitative estimate of drug-likeness (QED) is 0.929. The van der Waals surface area contributed by atoms with Crippen molar-refractivity contribution in [1.29, 1.82) is 0 Å². The van der Waals surface area contributed by atoms with E-state index in [1.54, 1.807) is 0 Å². The molecule has 1 N–H and O–H groups in total. The molecule has 2 heterocycles. The zero-order valence-electron chi connectivity index (χ0n) is 13.2. The maximum Gasteiger partial charge on any atom is 0.225 e. The Kier molecular flexibility index (Phi) is 3.09. The Morgan fingerprint density at radius 3 is 2.64 bits per heavy atom. The van der Waals surface area contributed by atoms with Gasteiger partial charge in [-0.1, -0.05) is 6.07 Å². The molecule has 1 aromatic rings. The number of aliphatic hydroxyl groups is 1. The van der Waals surface area contributed by atoms with E-state index in [1.165, 1.54) is 18.5 Å². The fourth-order valence-corrected chi connectivity index (χ4v) is 4.74. The van der Waals surface area contributed by atoms with Gasteiger partial charge in [0.05, 0.1) is 5.60 Å². The summed E-state index contributed by atoms with van der Waals surface area (Å²) in [7, 11) is 0. The van der Waals surface area contributed by atoms with Crippen molar-refractivity contribution in [1.82, 2.24) is 9.88 Å². The predicted octanol–water partition coefficient (Wildman–Crippen LogP) is 2.02. The summed E-state index contributed by atoms with van der Waals surface area (Å²) in [5.41, 5.74) is 0.986. The molecule has 0 unspecified atom stereocenters. The van der Waals surface area contributed by atoms with Gasteiger partial charge in [0.25, 0.3) is 0 Å². The van der Waals surface area contributed by atoms with Crippen molar-refractivity contribution in [3.05, 3.63) is 30.1 Å². The molecule has 4 heteroatoms. The molecule has 4 nitrogen and oxygen atoms in total. The topological polar surface area (TPSA) is 53.4 Å². The third-order valence-corrected chi connectivity index (χ3v) is 5.75. The molecule has 1 amide bonds. The molecule has 0 aromatic carbocycles. The van der Waals surface area contributed by atoms with E-state index in [0.717, 1.165) is 25.4 Å². The summed E-state index contributed by atoms with van der Waals surface area (Å²) in [5.74, 6) is 1.07. The summed E-state index contributed by atoms with van der Waals surface area (Å²) in [5, 5.41) is 9.76. The highest BCUT2D eigenvalue weighted by Gasteiger charge is 2.55. The maximum atomic E-state index is 12.3. The van der Waals surface area contributed by atoms with Crippen LogP contribution in [-0.2, 0) is 11.2 Å². The molecule has 1 aromatic heterocycles. The number of amides is 1. The summed E-state index contributed by atoms with van der Waals surface area (Å²) in [6, 6.07) is 6.11. The molecule has 2 aliphatic carbocycles. The SMILES string of the molecule is C[C@]1(O)C[C@@H](C(=O)N2CC3(CC(Cc4ccccn4)C3)C2)C1. The van der Waals surface area contributed by atoms with Crippen LogP contribution in [0.1, 0.15) is 38.3 Å². The molecule has 0 radical (unpaired) electrons. The van der Waals surface area contributed by atoms with E-state index in [4.69, 9.17) is 0 Å². The first kappa shape index (κ1) is 14.2. The molecular formula is C18H24N2O2. The third-order valence-electron chi connectivity index (χ3n) is 5.75. The molecule has 0 atom stereocenters. The second-order valence-corrected chi connectivity index (χ2v) is 8.10. The van der Waals surface area contributed by atoms with E-state index >= 15 is 0 Å². The molecule has 1 spiro atoms. The monoisotopic (exact) mass is 300 g/mol. The van der Waals surface area contributed by atoms with Crippen LogP contribution in [0.25, 0.3) is 0 Å². The molecule has 118 valence electrons. The summed E-state index contributed by atoms with van der Waals surface area (Å²) < 4.78 is 0. The summed E-state index contributed by atoms with van der Waals surface area (Å²) in [4.78, 5) is 18.7. The van der Waals surface area contributed by atoms with Gasteiger partial charge in [0.1, 0.15) is 0 Å². The number of hydrogen-bond donors (Lipinski definition) is 1. The Labute approximate surface area is 131 Å². The minimum atomic E-state index is -0.604. The van der Waals surface area contributed by atoms with Crippen molar-refractivity contribution in [2.45, 2.75) is 44.6 Å². The van der Waals surface area contributed by atoms with E-state index < -0.39 is 5.60 Å². The minimum absolute atomic E-state index is 0.0664. The molecule has 0 bridgehead atoms. The van der Waals surface area contributed by atoms with Gasteiger partial charge in [0.2, 0.25) is 5.91 Å². The number of carbonyl (C=O) groups is 1. The van der Waals surface area contributed by atoms with Gasteiger partial charge in [-0.25, -0.2) is 0 Å². The standard InChI is InChI=1S/C18H24N2O2/c1-17(22)9-14(10-17)16(21)20-11-18(12-20)7-13(8-18)6-15-4-2-3-5-19-15/h2-5,13-14,22H,6-12H2,1H3/t14-,17+. The number of hydrogen-bond acceptors (Lipinski definition) is 3. The molecule has 2 saturated carbocycles. The number of likely N-dealkylation sites (tertiary alicyclic amines) is 1. The molecule has 22 heavy (non-hydrogen) atoms. The van der Waals surface area contributed by atoms with Crippen molar-refractivity contribution in [3.8, 4) is 0 Å². The lowest BCUT2D eigenvalue weighted by atomic mass is 9.56. The van der Waals surface area contributed by atoms with Crippen LogP contribution in [-0.4, -0.2) is 39.6 Å². The van der Waals surface area contributed by atoms with Gasteiger partial charge < -0.3 is 10.0 Å². The van der Waals surface area contributed by atoms with E-state index in [-0.39, 0.29) is 11.8 Å². The van der Waals surface area contributed by atoms with Gasteiger partial charge >= 0.3 is 0 Å². The Morgan fingerprint density at radius 1 is 1.32 bits per heavy atom. The molecular weight excluding hydrogens is 276 g/mol. The highest BCUT2D eigenvalue weighted by atomic mass is 16.3.